The van der Waals surface area contributed by atoms with Gasteiger partial charge in [-0.25, -0.2) is 8.42 Å². The fourth-order valence-corrected chi connectivity index (χ4v) is 5.07. The maximum Gasteiger partial charge on any atom is 0.264 e. The van der Waals surface area contributed by atoms with Gasteiger partial charge in [-0.2, -0.15) is 0 Å². The first-order valence-corrected chi connectivity index (χ1v) is 12.8. The molecule has 1 N–H and O–H groups in total. The molecule has 168 valence electrons. The van der Waals surface area contributed by atoms with Crippen LogP contribution in [0.15, 0.2) is 82.6 Å². The minimum Gasteiger partial charge on any atom is -0.494 e. The molecule has 0 radical (unpaired) electrons. The second kappa shape index (κ2) is 10.6. The zero-order chi connectivity index (χ0) is 23.1. The number of carbonyl (C=O) groups excluding carboxylic acids is 1. The Labute approximate surface area is 193 Å². The van der Waals surface area contributed by atoms with Gasteiger partial charge in [0.25, 0.3) is 10.0 Å². The summed E-state index contributed by atoms with van der Waals surface area (Å²) in [5.74, 6) is 0.193. The number of aryl methyl sites for hydroxylation is 1. The molecule has 0 spiro atoms. The van der Waals surface area contributed by atoms with Crippen molar-refractivity contribution in [3.8, 4) is 5.75 Å². The van der Waals surface area contributed by atoms with E-state index in [1.165, 1.54) is 11.8 Å². The van der Waals surface area contributed by atoms with Gasteiger partial charge in [-0.1, -0.05) is 29.8 Å². The number of nitrogens with one attached hydrogen (secondary N) is 1. The van der Waals surface area contributed by atoms with Gasteiger partial charge in [-0.15, -0.1) is 11.8 Å². The summed E-state index contributed by atoms with van der Waals surface area (Å²) in [7, 11) is -3.97. The van der Waals surface area contributed by atoms with Gasteiger partial charge in [0.05, 0.1) is 22.9 Å². The number of thioether (sulfide) groups is 1. The molecule has 6 nitrogen and oxygen atoms in total. The Morgan fingerprint density at radius 2 is 1.66 bits per heavy atom. The molecule has 0 atom stereocenters. The van der Waals surface area contributed by atoms with Crippen molar-refractivity contribution in [2.75, 3.05) is 29.0 Å². The van der Waals surface area contributed by atoms with Crippen molar-refractivity contribution in [2.45, 2.75) is 23.6 Å². The van der Waals surface area contributed by atoms with Crippen molar-refractivity contribution in [3.63, 3.8) is 0 Å². The number of hydrogen-bond acceptors (Lipinski definition) is 5. The minimum atomic E-state index is -3.97. The number of rotatable bonds is 9. The summed E-state index contributed by atoms with van der Waals surface area (Å²) in [4.78, 5) is 13.9. The number of nitrogens with zero attached hydrogens (tertiary/aromatic N) is 1. The molecule has 0 aromatic heterocycles. The van der Waals surface area contributed by atoms with Gasteiger partial charge in [0.1, 0.15) is 12.3 Å². The lowest BCUT2D eigenvalue weighted by Crippen LogP contribution is -2.38. The largest absolute Gasteiger partial charge is 0.494 e. The lowest BCUT2D eigenvalue weighted by molar-refractivity contribution is -0.114. The first kappa shape index (κ1) is 23.7. The van der Waals surface area contributed by atoms with Crippen molar-refractivity contribution in [1.82, 2.24) is 0 Å². The Morgan fingerprint density at radius 1 is 1.00 bits per heavy atom. The van der Waals surface area contributed by atoms with Crippen LogP contribution in [0.1, 0.15) is 12.5 Å². The van der Waals surface area contributed by atoms with Crippen LogP contribution in [0.2, 0.25) is 0 Å². The molecular weight excluding hydrogens is 444 g/mol. The van der Waals surface area contributed by atoms with E-state index in [9.17, 15) is 13.2 Å². The van der Waals surface area contributed by atoms with Gasteiger partial charge in [-0.05, 0) is 68.6 Å². The van der Waals surface area contributed by atoms with Gasteiger partial charge in [0.2, 0.25) is 5.91 Å². The minimum absolute atomic E-state index is 0.120. The van der Waals surface area contributed by atoms with Gasteiger partial charge in [0.15, 0.2) is 0 Å². The summed E-state index contributed by atoms with van der Waals surface area (Å²) in [6.45, 7) is 3.89. The summed E-state index contributed by atoms with van der Waals surface area (Å²) < 4.78 is 33.5. The highest BCUT2D eigenvalue weighted by molar-refractivity contribution is 7.98. The predicted octanol–water partition coefficient (Wildman–Crippen LogP) is 4.95. The van der Waals surface area contributed by atoms with E-state index >= 15 is 0 Å². The third kappa shape index (κ3) is 5.63. The zero-order valence-corrected chi connectivity index (χ0v) is 19.9. The van der Waals surface area contributed by atoms with Crippen molar-refractivity contribution in [3.05, 3.63) is 78.4 Å². The molecule has 0 saturated carbocycles. The lowest BCUT2D eigenvalue weighted by atomic mass is 10.2. The number of carbonyl (C=O) groups is 1. The summed E-state index contributed by atoms with van der Waals surface area (Å²) >= 11 is 1.50. The highest BCUT2D eigenvalue weighted by atomic mass is 32.2. The third-order valence-corrected chi connectivity index (χ3v) is 7.30. The monoisotopic (exact) mass is 470 g/mol. The van der Waals surface area contributed by atoms with E-state index in [0.717, 1.165) is 14.8 Å². The first-order valence-electron chi connectivity index (χ1n) is 10.1. The van der Waals surface area contributed by atoms with Gasteiger partial charge in [0, 0.05) is 4.90 Å². The highest BCUT2D eigenvalue weighted by Gasteiger charge is 2.27. The SMILES string of the molecule is CCOc1ccc(N(CC(=O)Nc2ccccc2SC)S(=O)(=O)c2ccc(C)cc2)cc1. The number of anilines is 2. The zero-order valence-electron chi connectivity index (χ0n) is 18.2. The Hall–Kier alpha value is -2.97. The van der Waals surface area contributed by atoms with Gasteiger partial charge < -0.3 is 10.1 Å². The van der Waals surface area contributed by atoms with E-state index in [4.69, 9.17) is 4.74 Å². The second-order valence-corrected chi connectivity index (χ2v) is 9.71. The normalized spacial score (nSPS) is 11.1. The highest BCUT2D eigenvalue weighted by Crippen LogP contribution is 2.28. The van der Waals surface area contributed by atoms with Crippen LogP contribution >= 0.6 is 11.8 Å². The molecule has 8 heteroatoms. The molecule has 0 unspecified atom stereocenters. The van der Waals surface area contributed by atoms with Gasteiger partial charge >= 0.3 is 0 Å². The number of ether oxygens (including phenoxy) is 1. The van der Waals surface area contributed by atoms with Gasteiger partial charge in [-0.3, -0.25) is 9.10 Å². The number of hydrogen-bond donors (Lipinski definition) is 1. The molecule has 0 fully saturated rings. The van der Waals surface area contributed by atoms with Crippen molar-refractivity contribution in [2.24, 2.45) is 0 Å². The molecule has 0 bridgehead atoms. The number of benzene rings is 3. The molecular formula is C24H26N2O4S2. The number of sulfonamides is 1. The molecule has 0 saturated heterocycles. The molecule has 3 aromatic carbocycles. The summed E-state index contributed by atoms with van der Waals surface area (Å²) in [5.41, 5.74) is 1.97. The fraction of sp³-hybridized carbons (Fsp3) is 0.208. The maximum absolute atomic E-state index is 13.5. The Balaban J connectivity index is 1.94. The average Bonchev–Trinajstić information content (AvgIpc) is 2.79. The molecule has 0 aliphatic carbocycles. The lowest BCUT2D eigenvalue weighted by Gasteiger charge is -2.24. The first-order chi connectivity index (χ1) is 15.3. The smallest absolute Gasteiger partial charge is 0.264 e. The second-order valence-electron chi connectivity index (χ2n) is 7.00. The van der Waals surface area contributed by atoms with E-state index < -0.39 is 15.9 Å². The third-order valence-electron chi connectivity index (χ3n) is 4.71. The van der Waals surface area contributed by atoms with E-state index in [1.807, 2.05) is 38.3 Å². The molecule has 0 heterocycles. The maximum atomic E-state index is 13.5. The van der Waals surface area contributed by atoms with Crippen molar-refractivity contribution < 1.29 is 17.9 Å². The number of para-hydroxylation sites is 1. The van der Waals surface area contributed by atoms with Crippen LogP contribution in [0.4, 0.5) is 11.4 Å². The van der Waals surface area contributed by atoms with Crippen LogP contribution in [0, 0.1) is 6.92 Å². The van der Waals surface area contributed by atoms with E-state index in [0.29, 0.717) is 23.7 Å². The summed E-state index contributed by atoms with van der Waals surface area (Å²) in [5, 5.41) is 2.84. The Kier molecular flexibility index (Phi) is 7.82. The van der Waals surface area contributed by atoms with E-state index in [2.05, 4.69) is 5.32 Å². The van der Waals surface area contributed by atoms with E-state index in [-0.39, 0.29) is 11.4 Å². The average molecular weight is 471 g/mol. The molecule has 32 heavy (non-hydrogen) atoms. The molecule has 1 amide bonds. The Morgan fingerprint density at radius 3 is 2.28 bits per heavy atom. The topological polar surface area (TPSA) is 75.7 Å². The molecule has 3 aromatic rings. The van der Waals surface area contributed by atoms with Crippen LogP contribution in [0.5, 0.6) is 5.75 Å². The van der Waals surface area contributed by atoms with Crippen molar-refractivity contribution >= 4 is 39.1 Å². The van der Waals surface area contributed by atoms with Crippen molar-refractivity contribution in [1.29, 1.82) is 0 Å². The van der Waals surface area contributed by atoms with Crippen LogP contribution in [-0.2, 0) is 14.8 Å². The summed E-state index contributed by atoms with van der Waals surface area (Å²) in [6, 6.07) is 20.6. The predicted molar refractivity (Wildman–Crippen MR) is 130 cm³/mol. The Bertz CT molecular complexity index is 1160. The van der Waals surface area contributed by atoms with Crippen LogP contribution in [0.3, 0.4) is 0 Å². The summed E-state index contributed by atoms with van der Waals surface area (Å²) in [6.07, 6.45) is 1.92. The van der Waals surface area contributed by atoms with E-state index in [1.54, 1.807) is 54.6 Å². The van der Waals surface area contributed by atoms with Crippen LogP contribution in [-0.4, -0.2) is 33.7 Å². The molecule has 0 aliphatic rings. The molecule has 0 aliphatic heterocycles. The number of amides is 1. The van der Waals surface area contributed by atoms with Crippen LogP contribution < -0.4 is 14.4 Å². The standard InChI is InChI=1S/C24H26N2O4S2/c1-4-30-20-13-11-19(12-14-20)26(32(28,29)21-15-9-18(2)10-16-21)17-24(27)25-22-7-5-6-8-23(22)31-3/h5-16H,4,17H2,1-3H3,(H,25,27). The fourth-order valence-electron chi connectivity index (χ4n) is 3.10. The quantitative estimate of drug-likeness (QED) is 0.448. The molecule has 3 rings (SSSR count). The van der Waals surface area contributed by atoms with Crippen LogP contribution in [0.25, 0.3) is 0 Å².